The zero-order chi connectivity index (χ0) is 18.9. The highest BCUT2D eigenvalue weighted by atomic mass is 16.2. The van der Waals surface area contributed by atoms with Gasteiger partial charge in [-0.2, -0.15) is 0 Å². The van der Waals surface area contributed by atoms with Crippen LogP contribution in [0, 0.1) is 0 Å². The van der Waals surface area contributed by atoms with E-state index in [1.165, 1.54) is 5.56 Å². The summed E-state index contributed by atoms with van der Waals surface area (Å²) in [5.74, 6) is -0.0790. The molecule has 5 rings (SSSR count). The summed E-state index contributed by atoms with van der Waals surface area (Å²) in [6.45, 7) is 0.685. The van der Waals surface area contributed by atoms with Crippen LogP contribution in [-0.2, 0) is 6.42 Å². The molecule has 3 heterocycles. The number of hydrogen-bond acceptors (Lipinski definition) is 4. The smallest absolute Gasteiger partial charge is 0.276 e. The van der Waals surface area contributed by atoms with Crippen LogP contribution in [-0.4, -0.2) is 22.4 Å². The topological polar surface area (TPSA) is 58.1 Å². The number of para-hydroxylation sites is 2. The molecule has 1 N–H and O–H groups in total. The highest BCUT2D eigenvalue weighted by Gasteiger charge is 2.26. The molecule has 0 spiro atoms. The lowest BCUT2D eigenvalue weighted by Gasteiger charge is -2.17. The van der Waals surface area contributed by atoms with Crippen molar-refractivity contribution in [1.29, 1.82) is 0 Å². The van der Waals surface area contributed by atoms with Gasteiger partial charge in [0.05, 0.1) is 11.2 Å². The van der Waals surface area contributed by atoms with E-state index in [9.17, 15) is 4.79 Å². The minimum atomic E-state index is -0.0790. The number of nitrogens with one attached hydrogen (secondary N) is 1. The summed E-state index contributed by atoms with van der Waals surface area (Å²) in [6, 6.07) is 21.6. The molecule has 0 bridgehead atoms. The molecule has 0 radical (unpaired) electrons. The van der Waals surface area contributed by atoms with Gasteiger partial charge in [0.2, 0.25) is 0 Å². The molecule has 136 valence electrons. The molecule has 0 unspecified atom stereocenters. The van der Waals surface area contributed by atoms with Gasteiger partial charge in [-0.25, -0.2) is 0 Å². The van der Waals surface area contributed by atoms with Crippen LogP contribution in [0.5, 0.6) is 0 Å². The highest BCUT2D eigenvalue weighted by Crippen LogP contribution is 2.29. The van der Waals surface area contributed by atoms with Crippen molar-refractivity contribution < 1.29 is 4.79 Å². The Bertz CT molecular complexity index is 1180. The molecule has 5 nitrogen and oxygen atoms in total. The Labute approximate surface area is 162 Å². The Morgan fingerprint density at radius 3 is 2.79 bits per heavy atom. The predicted octanol–water partition coefficient (Wildman–Crippen LogP) is 4.58. The fraction of sp³-hybridized carbons (Fsp3) is 0.0870. The molecule has 4 aromatic rings. The molecular formula is C23H18N4O. The first-order valence-corrected chi connectivity index (χ1v) is 9.26. The van der Waals surface area contributed by atoms with Crippen molar-refractivity contribution in [1.82, 2.24) is 9.97 Å². The van der Waals surface area contributed by atoms with E-state index < -0.39 is 0 Å². The molecule has 1 aliphatic rings. The Morgan fingerprint density at radius 1 is 0.929 bits per heavy atom. The SMILES string of the molecule is O=C(c1cc(Nc2cccc3cccnc23)ccn1)N1CCc2ccccc21. The third-order valence-electron chi connectivity index (χ3n) is 5.02. The number of amides is 1. The lowest BCUT2D eigenvalue weighted by atomic mass is 10.2. The summed E-state index contributed by atoms with van der Waals surface area (Å²) < 4.78 is 0. The number of carbonyl (C=O) groups is 1. The van der Waals surface area contributed by atoms with Crippen molar-refractivity contribution in [2.75, 3.05) is 16.8 Å². The number of pyridine rings is 2. The van der Waals surface area contributed by atoms with Crippen LogP contribution in [0.4, 0.5) is 17.1 Å². The molecule has 5 heteroatoms. The van der Waals surface area contributed by atoms with Gasteiger partial charge in [0, 0.05) is 35.7 Å². The largest absolute Gasteiger partial charge is 0.354 e. The average molecular weight is 366 g/mol. The zero-order valence-electron chi connectivity index (χ0n) is 15.2. The fourth-order valence-corrected chi connectivity index (χ4v) is 3.67. The average Bonchev–Trinajstić information content (AvgIpc) is 3.18. The first-order valence-electron chi connectivity index (χ1n) is 9.26. The Hall–Kier alpha value is -3.73. The van der Waals surface area contributed by atoms with Gasteiger partial charge in [-0.1, -0.05) is 36.4 Å². The molecule has 0 saturated heterocycles. The summed E-state index contributed by atoms with van der Waals surface area (Å²) in [4.78, 5) is 23.6. The maximum absolute atomic E-state index is 13.1. The third kappa shape index (κ3) is 2.87. The van der Waals surface area contributed by atoms with Crippen LogP contribution in [0.15, 0.2) is 79.1 Å². The van der Waals surface area contributed by atoms with E-state index in [1.54, 1.807) is 23.4 Å². The second-order valence-corrected chi connectivity index (χ2v) is 6.77. The molecule has 0 saturated carbocycles. The number of anilines is 3. The van der Waals surface area contributed by atoms with E-state index >= 15 is 0 Å². The van der Waals surface area contributed by atoms with Crippen molar-refractivity contribution in [3.05, 3.63) is 90.4 Å². The van der Waals surface area contributed by atoms with Crippen molar-refractivity contribution in [2.24, 2.45) is 0 Å². The van der Waals surface area contributed by atoms with E-state index in [0.717, 1.165) is 34.4 Å². The number of rotatable bonds is 3. The fourth-order valence-electron chi connectivity index (χ4n) is 3.67. The number of benzene rings is 2. The summed E-state index contributed by atoms with van der Waals surface area (Å²) in [7, 11) is 0. The van der Waals surface area contributed by atoms with Gasteiger partial charge in [0.25, 0.3) is 5.91 Å². The van der Waals surface area contributed by atoms with Crippen molar-refractivity contribution >= 4 is 33.9 Å². The number of nitrogens with zero attached hydrogens (tertiary/aromatic N) is 3. The third-order valence-corrected chi connectivity index (χ3v) is 5.02. The first kappa shape index (κ1) is 16.4. The molecule has 28 heavy (non-hydrogen) atoms. The molecule has 2 aromatic carbocycles. The van der Waals surface area contributed by atoms with E-state index in [0.29, 0.717) is 12.2 Å². The van der Waals surface area contributed by atoms with Crippen LogP contribution in [0.25, 0.3) is 10.9 Å². The minimum Gasteiger partial charge on any atom is -0.354 e. The summed E-state index contributed by atoms with van der Waals surface area (Å²) in [6.07, 6.45) is 4.32. The van der Waals surface area contributed by atoms with Crippen molar-refractivity contribution in [3.8, 4) is 0 Å². The maximum atomic E-state index is 13.1. The molecule has 1 amide bonds. The second kappa shape index (κ2) is 6.78. The predicted molar refractivity (Wildman–Crippen MR) is 111 cm³/mol. The zero-order valence-corrected chi connectivity index (χ0v) is 15.2. The van der Waals surface area contributed by atoms with Gasteiger partial charge >= 0.3 is 0 Å². The highest BCUT2D eigenvalue weighted by molar-refractivity contribution is 6.06. The van der Waals surface area contributed by atoms with E-state index in [-0.39, 0.29) is 5.91 Å². The van der Waals surface area contributed by atoms with Crippen LogP contribution < -0.4 is 10.2 Å². The standard InChI is InChI=1S/C23H18N4O/c28-23(27-14-11-16-5-1-2-9-21(16)27)20-15-18(10-13-24-20)26-19-8-3-6-17-7-4-12-25-22(17)19/h1-10,12-13,15H,11,14H2,(H,24,26). The van der Waals surface area contributed by atoms with Gasteiger partial charge in [0.1, 0.15) is 5.69 Å². The lowest BCUT2D eigenvalue weighted by Crippen LogP contribution is -2.29. The molecule has 2 aromatic heterocycles. The Kier molecular flexibility index (Phi) is 3.98. The number of fused-ring (bicyclic) bond motifs is 2. The second-order valence-electron chi connectivity index (χ2n) is 6.77. The Balaban J connectivity index is 1.45. The normalized spacial score (nSPS) is 12.8. The molecule has 0 fully saturated rings. The van der Waals surface area contributed by atoms with Crippen LogP contribution in [0.3, 0.4) is 0 Å². The van der Waals surface area contributed by atoms with Crippen molar-refractivity contribution in [3.63, 3.8) is 0 Å². The van der Waals surface area contributed by atoms with Gasteiger partial charge in [-0.15, -0.1) is 0 Å². The van der Waals surface area contributed by atoms with E-state index in [1.807, 2.05) is 54.6 Å². The Morgan fingerprint density at radius 2 is 1.82 bits per heavy atom. The number of aromatic nitrogens is 2. The monoisotopic (exact) mass is 366 g/mol. The van der Waals surface area contributed by atoms with Gasteiger partial charge in [-0.3, -0.25) is 14.8 Å². The van der Waals surface area contributed by atoms with E-state index in [4.69, 9.17) is 0 Å². The molecule has 0 atom stereocenters. The lowest BCUT2D eigenvalue weighted by molar-refractivity contribution is 0.0984. The summed E-state index contributed by atoms with van der Waals surface area (Å²) in [5.41, 5.74) is 5.20. The summed E-state index contributed by atoms with van der Waals surface area (Å²) >= 11 is 0. The van der Waals surface area contributed by atoms with Gasteiger partial charge in [-0.05, 0) is 42.3 Å². The quantitative estimate of drug-likeness (QED) is 0.577. The van der Waals surface area contributed by atoms with Gasteiger partial charge in [0.15, 0.2) is 0 Å². The minimum absolute atomic E-state index is 0.0790. The van der Waals surface area contributed by atoms with Crippen LogP contribution in [0.2, 0.25) is 0 Å². The first-order chi connectivity index (χ1) is 13.8. The number of carbonyl (C=O) groups excluding carboxylic acids is 1. The van der Waals surface area contributed by atoms with Gasteiger partial charge < -0.3 is 10.2 Å². The molecular weight excluding hydrogens is 348 g/mol. The van der Waals surface area contributed by atoms with E-state index in [2.05, 4.69) is 21.4 Å². The van der Waals surface area contributed by atoms with Crippen LogP contribution >= 0.6 is 0 Å². The number of hydrogen-bond donors (Lipinski definition) is 1. The van der Waals surface area contributed by atoms with Crippen molar-refractivity contribution in [2.45, 2.75) is 6.42 Å². The maximum Gasteiger partial charge on any atom is 0.276 e. The van der Waals surface area contributed by atoms with Crippen LogP contribution in [0.1, 0.15) is 16.1 Å². The molecule has 0 aliphatic carbocycles. The molecule has 1 aliphatic heterocycles. The summed E-state index contributed by atoms with van der Waals surface area (Å²) in [5, 5.41) is 4.44.